The summed E-state index contributed by atoms with van der Waals surface area (Å²) in [5, 5.41) is 24.7. The lowest BCUT2D eigenvalue weighted by Crippen LogP contribution is -2.23. The van der Waals surface area contributed by atoms with Crippen molar-refractivity contribution in [2.75, 3.05) is 0 Å². The number of fused-ring (bicyclic) bond motifs is 1. The molecular formula is C23H24F3N3O3. The number of alkyl halides is 3. The number of aryl methyl sites for hydroxylation is 2. The Morgan fingerprint density at radius 1 is 1.16 bits per heavy atom. The molecule has 0 aliphatic rings. The van der Waals surface area contributed by atoms with E-state index in [1.807, 2.05) is 19.9 Å². The third kappa shape index (κ3) is 4.77. The minimum atomic E-state index is -4.56. The molecule has 0 aliphatic heterocycles. The Bertz CT molecular complexity index is 1190. The molecule has 0 radical (unpaired) electrons. The summed E-state index contributed by atoms with van der Waals surface area (Å²) in [6.45, 7) is 6.69. The lowest BCUT2D eigenvalue weighted by Gasteiger charge is -2.11. The van der Waals surface area contributed by atoms with E-state index in [-0.39, 0.29) is 29.1 Å². The molecule has 3 aromatic rings. The largest absolute Gasteiger partial charge is 0.494 e. The molecule has 0 aliphatic carbocycles. The number of nitrogens with zero attached hydrogens (tertiary/aromatic N) is 2. The van der Waals surface area contributed by atoms with E-state index in [0.29, 0.717) is 11.1 Å². The summed E-state index contributed by atoms with van der Waals surface area (Å²) in [4.78, 5) is 11.8. The van der Waals surface area contributed by atoms with E-state index in [9.17, 15) is 28.2 Å². The second-order valence-electron chi connectivity index (χ2n) is 7.89. The molecule has 0 saturated heterocycles. The number of hydrazone groups is 1. The molecule has 1 atom stereocenters. The van der Waals surface area contributed by atoms with Gasteiger partial charge in [-0.15, -0.1) is 0 Å². The van der Waals surface area contributed by atoms with Crippen LogP contribution in [0.5, 0.6) is 5.88 Å². The number of aromatic nitrogens is 1. The number of carbonyl (C=O) groups is 1. The minimum absolute atomic E-state index is 0.155. The van der Waals surface area contributed by atoms with Crippen LogP contribution in [0.15, 0.2) is 41.5 Å². The average Bonchev–Trinajstić information content (AvgIpc) is 2.95. The molecule has 0 saturated carbocycles. The molecule has 3 N–H and O–H groups in total. The third-order valence-corrected chi connectivity index (χ3v) is 4.93. The maximum Gasteiger partial charge on any atom is 0.416 e. The number of hydrogen-bond donors (Lipinski definition) is 3. The van der Waals surface area contributed by atoms with E-state index >= 15 is 0 Å². The van der Waals surface area contributed by atoms with Crippen LogP contribution in [0.3, 0.4) is 0 Å². The van der Waals surface area contributed by atoms with Crippen molar-refractivity contribution in [2.24, 2.45) is 5.10 Å². The molecule has 32 heavy (non-hydrogen) atoms. The summed E-state index contributed by atoms with van der Waals surface area (Å²) in [6, 6.07) is 8.63. The van der Waals surface area contributed by atoms with Gasteiger partial charge >= 0.3 is 6.18 Å². The van der Waals surface area contributed by atoms with Crippen molar-refractivity contribution < 1.29 is 28.2 Å². The van der Waals surface area contributed by atoms with E-state index in [2.05, 4.69) is 10.5 Å². The van der Waals surface area contributed by atoms with Gasteiger partial charge in [-0.25, -0.2) is 5.43 Å². The number of rotatable bonds is 5. The van der Waals surface area contributed by atoms with Crippen molar-refractivity contribution in [2.45, 2.75) is 46.4 Å². The fourth-order valence-corrected chi connectivity index (χ4v) is 3.66. The highest BCUT2D eigenvalue weighted by molar-refractivity contribution is 6.13. The Morgan fingerprint density at radius 3 is 2.34 bits per heavy atom. The summed E-state index contributed by atoms with van der Waals surface area (Å²) >= 11 is 0. The average molecular weight is 447 g/mol. The smallest absolute Gasteiger partial charge is 0.416 e. The molecule has 1 aromatic heterocycles. The van der Waals surface area contributed by atoms with E-state index in [1.54, 1.807) is 12.1 Å². The van der Waals surface area contributed by atoms with Crippen LogP contribution in [0.2, 0.25) is 0 Å². The summed E-state index contributed by atoms with van der Waals surface area (Å²) < 4.78 is 41.5. The van der Waals surface area contributed by atoms with Gasteiger partial charge in [-0.3, -0.25) is 9.36 Å². The van der Waals surface area contributed by atoms with Crippen molar-refractivity contribution in [3.8, 4) is 11.6 Å². The predicted molar refractivity (Wildman–Crippen MR) is 116 cm³/mol. The van der Waals surface area contributed by atoms with Crippen LogP contribution < -0.4 is 5.43 Å². The van der Waals surface area contributed by atoms with Crippen LogP contribution >= 0.6 is 0 Å². The minimum Gasteiger partial charge on any atom is -0.494 e. The summed E-state index contributed by atoms with van der Waals surface area (Å²) in [7, 11) is 0. The number of aliphatic hydroxyl groups is 1. The molecule has 3 rings (SSSR count). The van der Waals surface area contributed by atoms with Crippen LogP contribution in [0.4, 0.5) is 13.2 Å². The van der Waals surface area contributed by atoms with Gasteiger partial charge in [0.15, 0.2) is 0 Å². The number of halogens is 3. The van der Waals surface area contributed by atoms with Crippen LogP contribution in [-0.2, 0) is 11.0 Å². The van der Waals surface area contributed by atoms with Gasteiger partial charge < -0.3 is 10.2 Å². The van der Waals surface area contributed by atoms with Crippen LogP contribution in [0.25, 0.3) is 16.6 Å². The maximum atomic E-state index is 13.4. The lowest BCUT2D eigenvalue weighted by atomic mass is 10.1. The first-order chi connectivity index (χ1) is 14.9. The monoisotopic (exact) mass is 447 g/mol. The van der Waals surface area contributed by atoms with Gasteiger partial charge in [-0.05, 0) is 63.1 Å². The van der Waals surface area contributed by atoms with Crippen LogP contribution in [-0.4, -0.2) is 32.5 Å². The topological polar surface area (TPSA) is 86.8 Å². The normalized spacial score (nSPS) is 13.4. The van der Waals surface area contributed by atoms with Crippen molar-refractivity contribution in [1.82, 2.24) is 9.99 Å². The molecule has 0 fully saturated rings. The Kier molecular flexibility index (Phi) is 6.32. The van der Waals surface area contributed by atoms with E-state index < -0.39 is 23.8 Å². The van der Waals surface area contributed by atoms with Crippen molar-refractivity contribution >= 4 is 22.5 Å². The predicted octanol–water partition coefficient (Wildman–Crippen LogP) is 4.58. The summed E-state index contributed by atoms with van der Waals surface area (Å²) in [5.41, 5.74) is 4.27. The Labute approximate surface area is 183 Å². The molecule has 1 amide bonds. The van der Waals surface area contributed by atoms with Gasteiger partial charge in [-0.2, -0.15) is 18.3 Å². The molecular weight excluding hydrogens is 423 g/mol. The number of carbonyl (C=O) groups excluding carboxylic acids is 1. The number of aliphatic hydroxyl groups excluding tert-OH is 1. The number of amides is 1. The SMILES string of the molecule is C/C(=N/NC(=O)CC(C)O)c1c(O)n(-c2cc(C)cc(C)c2)c2cc(C(F)(F)F)ccc12. The first kappa shape index (κ1) is 23.3. The van der Waals surface area contributed by atoms with E-state index in [4.69, 9.17) is 0 Å². The van der Waals surface area contributed by atoms with E-state index in [0.717, 1.165) is 23.3 Å². The van der Waals surface area contributed by atoms with Gasteiger partial charge in [0, 0.05) is 11.1 Å². The standard InChI is InChI=1S/C23H24F3N3O3/c1-12-7-13(2)9-17(8-12)29-19-11-16(23(24,25)26)5-6-18(19)21(22(29)32)15(4)27-28-20(31)10-14(3)30/h5-9,11,14,30,32H,10H2,1-4H3,(H,28,31)/b27-15-. The highest BCUT2D eigenvalue weighted by atomic mass is 19.4. The number of benzene rings is 2. The molecule has 0 spiro atoms. The quantitative estimate of drug-likeness (QED) is 0.395. The van der Waals surface area contributed by atoms with Gasteiger partial charge in [0.05, 0.1) is 34.9 Å². The highest BCUT2D eigenvalue weighted by Gasteiger charge is 2.32. The molecule has 2 aromatic carbocycles. The summed E-state index contributed by atoms with van der Waals surface area (Å²) in [6.07, 6.45) is -5.58. The van der Waals surface area contributed by atoms with Gasteiger partial charge in [0.2, 0.25) is 11.8 Å². The fraction of sp³-hybridized carbons (Fsp3) is 0.304. The molecule has 0 bridgehead atoms. The number of nitrogens with one attached hydrogen (secondary N) is 1. The van der Waals surface area contributed by atoms with Gasteiger partial charge in [-0.1, -0.05) is 12.1 Å². The second kappa shape index (κ2) is 8.66. The Hall–Kier alpha value is -3.33. The molecule has 170 valence electrons. The zero-order valence-corrected chi connectivity index (χ0v) is 18.1. The molecule has 6 nitrogen and oxygen atoms in total. The summed E-state index contributed by atoms with van der Waals surface area (Å²) in [5.74, 6) is -0.827. The molecule has 9 heteroatoms. The zero-order valence-electron chi connectivity index (χ0n) is 18.1. The Morgan fingerprint density at radius 2 is 1.78 bits per heavy atom. The first-order valence-electron chi connectivity index (χ1n) is 9.93. The maximum absolute atomic E-state index is 13.4. The van der Waals surface area contributed by atoms with Crippen LogP contribution in [0.1, 0.15) is 42.5 Å². The van der Waals surface area contributed by atoms with Crippen molar-refractivity contribution in [1.29, 1.82) is 0 Å². The third-order valence-electron chi connectivity index (χ3n) is 4.93. The first-order valence-corrected chi connectivity index (χ1v) is 9.93. The Balaban J connectivity index is 2.24. The van der Waals surface area contributed by atoms with Gasteiger partial charge in [0.25, 0.3) is 0 Å². The van der Waals surface area contributed by atoms with Gasteiger partial charge in [0.1, 0.15) is 0 Å². The molecule has 1 unspecified atom stereocenters. The fourth-order valence-electron chi connectivity index (χ4n) is 3.66. The zero-order chi connectivity index (χ0) is 23.8. The van der Waals surface area contributed by atoms with Crippen LogP contribution in [0, 0.1) is 13.8 Å². The van der Waals surface area contributed by atoms with E-state index in [1.165, 1.54) is 24.5 Å². The van der Waals surface area contributed by atoms with Crippen molar-refractivity contribution in [3.63, 3.8) is 0 Å². The highest BCUT2D eigenvalue weighted by Crippen LogP contribution is 2.39. The second-order valence-corrected chi connectivity index (χ2v) is 7.89. The lowest BCUT2D eigenvalue weighted by molar-refractivity contribution is -0.137. The number of hydrogen-bond acceptors (Lipinski definition) is 4. The molecule has 1 heterocycles. The number of aromatic hydroxyl groups is 1. The van der Waals surface area contributed by atoms with Crippen molar-refractivity contribution in [3.05, 3.63) is 58.7 Å².